The van der Waals surface area contributed by atoms with Gasteiger partial charge in [-0.15, -0.1) is 0 Å². The van der Waals surface area contributed by atoms with Crippen LogP contribution in [0.1, 0.15) is 22.8 Å². The first kappa shape index (κ1) is 20.2. The Morgan fingerprint density at radius 2 is 1.97 bits per heavy atom. The summed E-state index contributed by atoms with van der Waals surface area (Å²) in [4.78, 5) is 12.7. The van der Waals surface area contributed by atoms with Crippen LogP contribution in [0, 0.1) is 0 Å². The SMILES string of the molecule is CCOc1ccc(C(=O)Nc2cc(C(F)(F)F)ccc2-n2cccn2)cc1OC. The molecule has 1 aromatic heterocycles. The number of carbonyl (C=O) groups is 1. The maximum atomic E-state index is 13.2. The van der Waals surface area contributed by atoms with Crippen LogP contribution in [0.25, 0.3) is 5.69 Å². The largest absolute Gasteiger partial charge is 0.493 e. The molecule has 0 radical (unpaired) electrons. The van der Waals surface area contributed by atoms with Crippen LogP contribution in [0.4, 0.5) is 18.9 Å². The molecule has 0 saturated carbocycles. The van der Waals surface area contributed by atoms with Crippen molar-refractivity contribution in [1.82, 2.24) is 9.78 Å². The third-order valence-corrected chi connectivity index (χ3v) is 4.05. The maximum Gasteiger partial charge on any atom is 0.416 e. The van der Waals surface area contributed by atoms with Gasteiger partial charge in [0.15, 0.2) is 11.5 Å². The standard InChI is InChI=1S/C20H18F3N3O3/c1-3-29-17-8-5-13(11-18(17)28-2)19(27)25-15-12-14(20(21,22)23)6-7-16(15)26-10-4-9-24-26/h4-12H,3H2,1-2H3,(H,25,27). The highest BCUT2D eigenvalue weighted by Crippen LogP contribution is 2.34. The lowest BCUT2D eigenvalue weighted by Gasteiger charge is -2.15. The van der Waals surface area contributed by atoms with E-state index in [0.717, 1.165) is 12.1 Å². The zero-order valence-corrected chi connectivity index (χ0v) is 15.7. The molecule has 0 aliphatic rings. The van der Waals surface area contributed by atoms with Crippen LogP contribution >= 0.6 is 0 Å². The van der Waals surface area contributed by atoms with Gasteiger partial charge in [-0.1, -0.05) is 0 Å². The van der Waals surface area contributed by atoms with Crippen molar-refractivity contribution in [2.45, 2.75) is 13.1 Å². The van der Waals surface area contributed by atoms with Crippen LogP contribution in [-0.4, -0.2) is 29.4 Å². The molecule has 6 nitrogen and oxygen atoms in total. The fourth-order valence-corrected chi connectivity index (χ4v) is 2.70. The number of ether oxygens (including phenoxy) is 2. The summed E-state index contributed by atoms with van der Waals surface area (Å²) in [6, 6.07) is 9.22. The molecular formula is C20H18F3N3O3. The van der Waals surface area contributed by atoms with E-state index in [1.165, 1.54) is 36.2 Å². The van der Waals surface area contributed by atoms with Crippen LogP contribution in [0.3, 0.4) is 0 Å². The number of anilines is 1. The molecule has 0 aliphatic carbocycles. The number of halogens is 3. The summed E-state index contributed by atoms with van der Waals surface area (Å²) in [6.07, 6.45) is -1.50. The van der Waals surface area contributed by atoms with E-state index in [1.807, 2.05) is 6.92 Å². The van der Waals surface area contributed by atoms with Gasteiger partial charge in [0, 0.05) is 18.0 Å². The molecule has 3 rings (SSSR count). The van der Waals surface area contributed by atoms with E-state index >= 15 is 0 Å². The Kier molecular flexibility index (Phi) is 5.76. The lowest BCUT2D eigenvalue weighted by Crippen LogP contribution is -2.16. The van der Waals surface area contributed by atoms with E-state index in [1.54, 1.807) is 18.3 Å². The molecule has 0 fully saturated rings. The predicted octanol–water partition coefficient (Wildman–Crippen LogP) is 4.55. The number of benzene rings is 2. The van der Waals surface area contributed by atoms with E-state index in [-0.39, 0.29) is 11.3 Å². The minimum atomic E-state index is -4.55. The quantitative estimate of drug-likeness (QED) is 0.654. The number of hydrogen-bond donors (Lipinski definition) is 1. The number of rotatable bonds is 6. The molecule has 0 aliphatic heterocycles. The van der Waals surface area contributed by atoms with E-state index in [2.05, 4.69) is 10.4 Å². The smallest absolute Gasteiger partial charge is 0.416 e. The van der Waals surface area contributed by atoms with Crippen LogP contribution in [0.15, 0.2) is 54.9 Å². The molecule has 0 unspecified atom stereocenters. The fraction of sp³-hybridized carbons (Fsp3) is 0.200. The lowest BCUT2D eigenvalue weighted by atomic mass is 10.1. The topological polar surface area (TPSA) is 65.4 Å². The van der Waals surface area contributed by atoms with E-state index in [0.29, 0.717) is 23.8 Å². The van der Waals surface area contributed by atoms with Gasteiger partial charge in [0.05, 0.1) is 30.7 Å². The van der Waals surface area contributed by atoms with Crippen molar-refractivity contribution in [3.63, 3.8) is 0 Å². The second-order valence-corrected chi connectivity index (χ2v) is 5.93. The summed E-state index contributed by atoms with van der Waals surface area (Å²) < 4.78 is 51.5. The van der Waals surface area contributed by atoms with Crippen molar-refractivity contribution in [1.29, 1.82) is 0 Å². The Bertz CT molecular complexity index is 1000. The molecule has 1 heterocycles. The molecule has 1 amide bonds. The second kappa shape index (κ2) is 8.26. The normalized spacial score (nSPS) is 11.2. The fourth-order valence-electron chi connectivity index (χ4n) is 2.70. The molecular weight excluding hydrogens is 387 g/mol. The molecule has 0 saturated heterocycles. The van der Waals surface area contributed by atoms with Crippen LogP contribution in [-0.2, 0) is 6.18 Å². The number of nitrogens with one attached hydrogen (secondary N) is 1. The minimum Gasteiger partial charge on any atom is -0.493 e. The summed E-state index contributed by atoms with van der Waals surface area (Å²) >= 11 is 0. The first-order chi connectivity index (χ1) is 13.8. The Morgan fingerprint density at radius 1 is 1.17 bits per heavy atom. The van der Waals surface area contributed by atoms with Crippen molar-refractivity contribution in [2.24, 2.45) is 0 Å². The van der Waals surface area contributed by atoms with Gasteiger partial charge in [-0.25, -0.2) is 4.68 Å². The molecule has 2 aromatic carbocycles. The van der Waals surface area contributed by atoms with Gasteiger partial charge in [0.2, 0.25) is 0 Å². The van der Waals surface area contributed by atoms with Crippen LogP contribution in [0.5, 0.6) is 11.5 Å². The first-order valence-corrected chi connectivity index (χ1v) is 8.67. The second-order valence-electron chi connectivity index (χ2n) is 5.93. The molecule has 0 bridgehead atoms. The number of hydrogen-bond acceptors (Lipinski definition) is 4. The molecule has 152 valence electrons. The molecule has 29 heavy (non-hydrogen) atoms. The number of alkyl halides is 3. The van der Waals surface area contributed by atoms with E-state index in [9.17, 15) is 18.0 Å². The zero-order chi connectivity index (χ0) is 21.0. The Morgan fingerprint density at radius 3 is 2.59 bits per heavy atom. The third kappa shape index (κ3) is 4.50. The zero-order valence-electron chi connectivity index (χ0n) is 15.7. The van der Waals surface area contributed by atoms with Crippen LogP contribution in [0.2, 0.25) is 0 Å². The summed E-state index contributed by atoms with van der Waals surface area (Å²) in [7, 11) is 1.43. The van der Waals surface area contributed by atoms with E-state index in [4.69, 9.17) is 9.47 Å². The first-order valence-electron chi connectivity index (χ1n) is 8.67. The van der Waals surface area contributed by atoms with Gasteiger partial charge in [-0.3, -0.25) is 4.79 Å². The van der Waals surface area contributed by atoms with Gasteiger partial charge < -0.3 is 14.8 Å². The van der Waals surface area contributed by atoms with Gasteiger partial charge in [-0.2, -0.15) is 18.3 Å². The minimum absolute atomic E-state index is 0.0265. The van der Waals surface area contributed by atoms with Crippen molar-refractivity contribution < 1.29 is 27.4 Å². The lowest BCUT2D eigenvalue weighted by molar-refractivity contribution is -0.137. The summed E-state index contributed by atoms with van der Waals surface area (Å²) in [5.74, 6) is 0.206. The monoisotopic (exact) mass is 405 g/mol. The number of carbonyl (C=O) groups excluding carboxylic acids is 1. The highest BCUT2D eigenvalue weighted by Gasteiger charge is 2.31. The number of nitrogens with zero attached hydrogens (tertiary/aromatic N) is 2. The van der Waals surface area contributed by atoms with E-state index < -0.39 is 17.6 Å². The van der Waals surface area contributed by atoms with Crippen molar-refractivity contribution >= 4 is 11.6 Å². The van der Waals surface area contributed by atoms with Crippen LogP contribution < -0.4 is 14.8 Å². The van der Waals surface area contributed by atoms with Crippen molar-refractivity contribution in [3.8, 4) is 17.2 Å². The summed E-state index contributed by atoms with van der Waals surface area (Å²) in [6.45, 7) is 2.23. The highest BCUT2D eigenvalue weighted by atomic mass is 19.4. The summed E-state index contributed by atoms with van der Waals surface area (Å²) in [5.41, 5.74) is -0.405. The average molecular weight is 405 g/mol. The third-order valence-electron chi connectivity index (χ3n) is 4.05. The number of methoxy groups -OCH3 is 1. The maximum absolute atomic E-state index is 13.2. The summed E-state index contributed by atoms with van der Waals surface area (Å²) in [5, 5.41) is 6.56. The average Bonchev–Trinajstić information content (AvgIpc) is 3.22. The predicted molar refractivity (Wildman–Crippen MR) is 101 cm³/mol. The van der Waals surface area contributed by atoms with Gasteiger partial charge in [-0.05, 0) is 49.4 Å². The van der Waals surface area contributed by atoms with Gasteiger partial charge in [0.25, 0.3) is 5.91 Å². The van der Waals surface area contributed by atoms with Crippen molar-refractivity contribution in [3.05, 3.63) is 66.0 Å². The highest BCUT2D eigenvalue weighted by molar-refractivity contribution is 6.05. The van der Waals surface area contributed by atoms with Crippen molar-refractivity contribution in [2.75, 3.05) is 19.0 Å². The Labute approximate surface area is 164 Å². The Balaban J connectivity index is 1.97. The molecule has 0 spiro atoms. The molecule has 1 N–H and O–H groups in total. The number of amides is 1. The molecule has 0 atom stereocenters. The molecule has 3 aromatic rings. The van der Waals surface area contributed by atoms with Gasteiger partial charge >= 0.3 is 6.18 Å². The van der Waals surface area contributed by atoms with Gasteiger partial charge in [0.1, 0.15) is 0 Å². The number of aromatic nitrogens is 2. The molecule has 9 heteroatoms. The Hall–Kier alpha value is -3.49.